The molecule has 0 radical (unpaired) electrons. The second-order valence-corrected chi connectivity index (χ2v) is 4.79. The van der Waals surface area contributed by atoms with Crippen LogP contribution in [0.1, 0.15) is 42.7 Å². The largest absolute Gasteiger partial charge is 0.419 e. The highest BCUT2D eigenvalue weighted by atomic mass is 19.4. The van der Waals surface area contributed by atoms with Gasteiger partial charge >= 0.3 is 6.18 Å². The van der Waals surface area contributed by atoms with Crippen molar-refractivity contribution in [2.45, 2.75) is 43.8 Å². The molecule has 0 heterocycles. The van der Waals surface area contributed by atoms with Gasteiger partial charge < -0.3 is 5.73 Å². The Kier molecular flexibility index (Phi) is 3.61. The van der Waals surface area contributed by atoms with Crippen LogP contribution in [-0.2, 0) is 6.18 Å². The van der Waals surface area contributed by atoms with Crippen LogP contribution in [0.3, 0.4) is 0 Å². The lowest BCUT2D eigenvalue weighted by Gasteiger charge is -2.29. The van der Waals surface area contributed by atoms with Crippen molar-refractivity contribution in [2.75, 3.05) is 0 Å². The molecule has 1 fully saturated rings. The van der Waals surface area contributed by atoms with Crippen molar-refractivity contribution in [3.63, 3.8) is 0 Å². The maximum atomic E-state index is 13.5. The van der Waals surface area contributed by atoms with Crippen molar-refractivity contribution in [2.24, 2.45) is 5.73 Å². The highest BCUT2D eigenvalue weighted by molar-refractivity contribution is 5.30. The third-order valence-corrected chi connectivity index (χ3v) is 3.55. The first kappa shape index (κ1) is 13.3. The topological polar surface area (TPSA) is 26.0 Å². The number of hydrogen-bond donors (Lipinski definition) is 1. The van der Waals surface area contributed by atoms with Crippen molar-refractivity contribution >= 4 is 0 Å². The maximum absolute atomic E-state index is 13.5. The number of rotatable bonds is 1. The predicted molar refractivity (Wildman–Crippen MR) is 60.6 cm³/mol. The van der Waals surface area contributed by atoms with E-state index < -0.39 is 17.6 Å². The Labute approximate surface area is 103 Å². The Bertz CT molecular complexity index is 427. The third-order valence-electron chi connectivity index (χ3n) is 3.55. The number of hydrogen-bond acceptors (Lipinski definition) is 1. The van der Waals surface area contributed by atoms with E-state index in [1.54, 1.807) is 0 Å². The van der Waals surface area contributed by atoms with Gasteiger partial charge in [-0.15, -0.1) is 0 Å². The normalized spacial score (nSPS) is 25.2. The number of nitrogens with two attached hydrogens (primary N) is 1. The molecular weight excluding hydrogens is 246 g/mol. The lowest BCUT2D eigenvalue weighted by Crippen LogP contribution is -2.31. The van der Waals surface area contributed by atoms with Crippen molar-refractivity contribution in [1.29, 1.82) is 0 Å². The summed E-state index contributed by atoms with van der Waals surface area (Å²) in [4.78, 5) is 0. The van der Waals surface area contributed by atoms with Crippen molar-refractivity contribution < 1.29 is 17.6 Å². The van der Waals surface area contributed by atoms with E-state index in [9.17, 15) is 17.6 Å². The van der Waals surface area contributed by atoms with Gasteiger partial charge in [0.05, 0.1) is 5.56 Å². The van der Waals surface area contributed by atoms with Gasteiger partial charge in [-0.05, 0) is 36.5 Å². The molecule has 5 heteroatoms. The van der Waals surface area contributed by atoms with Gasteiger partial charge in [-0.3, -0.25) is 0 Å². The van der Waals surface area contributed by atoms with Crippen LogP contribution in [0.2, 0.25) is 0 Å². The zero-order chi connectivity index (χ0) is 13.3. The Balaban J connectivity index is 2.28. The molecule has 0 spiro atoms. The van der Waals surface area contributed by atoms with E-state index in [1.807, 2.05) is 0 Å². The molecule has 1 nitrogen and oxygen atoms in total. The summed E-state index contributed by atoms with van der Waals surface area (Å²) in [5, 5.41) is 0. The Morgan fingerprint density at radius 3 is 2.33 bits per heavy atom. The van der Waals surface area contributed by atoms with E-state index >= 15 is 0 Å². The lowest BCUT2D eigenvalue weighted by molar-refractivity contribution is -0.140. The molecule has 2 rings (SSSR count). The first-order valence-corrected chi connectivity index (χ1v) is 6.02. The summed E-state index contributed by atoms with van der Waals surface area (Å²) in [5.41, 5.74) is 5.30. The van der Waals surface area contributed by atoms with E-state index in [0.29, 0.717) is 5.56 Å². The summed E-state index contributed by atoms with van der Waals surface area (Å²) in [6, 6.07) is 3.06. The van der Waals surface area contributed by atoms with Crippen LogP contribution in [0.4, 0.5) is 17.6 Å². The van der Waals surface area contributed by atoms with Gasteiger partial charge in [0.1, 0.15) is 5.82 Å². The quantitative estimate of drug-likeness (QED) is 0.764. The Hall–Kier alpha value is -1.10. The molecule has 1 saturated carbocycles. The number of alkyl halides is 3. The average Bonchev–Trinajstić information content (AvgIpc) is 2.27. The highest BCUT2D eigenvalue weighted by Gasteiger charge is 2.34. The van der Waals surface area contributed by atoms with Crippen LogP contribution in [0, 0.1) is 5.82 Å². The van der Waals surface area contributed by atoms with E-state index in [-0.39, 0.29) is 12.0 Å². The van der Waals surface area contributed by atoms with Crippen molar-refractivity contribution in [1.82, 2.24) is 0 Å². The lowest BCUT2D eigenvalue weighted by atomic mass is 9.80. The van der Waals surface area contributed by atoms with Gasteiger partial charge in [0.25, 0.3) is 0 Å². The minimum absolute atomic E-state index is 0.0319. The van der Waals surface area contributed by atoms with E-state index in [0.717, 1.165) is 37.8 Å². The highest BCUT2D eigenvalue weighted by Crippen LogP contribution is 2.36. The molecule has 2 unspecified atom stereocenters. The summed E-state index contributed by atoms with van der Waals surface area (Å²) in [5.74, 6) is -1.24. The zero-order valence-electron chi connectivity index (χ0n) is 9.80. The van der Waals surface area contributed by atoms with Crippen LogP contribution < -0.4 is 5.73 Å². The summed E-state index contributed by atoms with van der Waals surface area (Å²) >= 11 is 0. The van der Waals surface area contributed by atoms with Gasteiger partial charge in [-0.25, -0.2) is 4.39 Å². The van der Waals surface area contributed by atoms with Gasteiger partial charge in [-0.2, -0.15) is 13.2 Å². The smallest absolute Gasteiger partial charge is 0.327 e. The molecule has 1 aromatic carbocycles. The van der Waals surface area contributed by atoms with E-state index in [1.165, 1.54) is 6.07 Å². The zero-order valence-corrected chi connectivity index (χ0v) is 9.80. The number of benzene rings is 1. The molecule has 100 valence electrons. The molecule has 0 bridgehead atoms. The minimum Gasteiger partial charge on any atom is -0.327 e. The van der Waals surface area contributed by atoms with E-state index in [4.69, 9.17) is 5.73 Å². The third kappa shape index (κ3) is 2.66. The van der Waals surface area contributed by atoms with Crippen LogP contribution in [0.15, 0.2) is 18.2 Å². The molecule has 0 saturated heterocycles. The van der Waals surface area contributed by atoms with Crippen molar-refractivity contribution in [3.8, 4) is 0 Å². The molecule has 0 aromatic heterocycles. The first-order chi connectivity index (χ1) is 8.39. The summed E-state index contributed by atoms with van der Waals surface area (Å²) < 4.78 is 50.8. The summed E-state index contributed by atoms with van der Waals surface area (Å²) in [6.45, 7) is 0. The molecular formula is C13H15F4N. The fraction of sp³-hybridized carbons (Fsp3) is 0.538. The van der Waals surface area contributed by atoms with Gasteiger partial charge in [0.2, 0.25) is 0 Å². The Morgan fingerprint density at radius 2 is 1.78 bits per heavy atom. The fourth-order valence-electron chi connectivity index (χ4n) is 2.57. The molecule has 0 aliphatic heterocycles. The Morgan fingerprint density at radius 1 is 1.11 bits per heavy atom. The molecule has 1 aromatic rings. The minimum atomic E-state index is -4.64. The average molecular weight is 261 g/mol. The van der Waals surface area contributed by atoms with Crippen molar-refractivity contribution in [3.05, 3.63) is 35.1 Å². The van der Waals surface area contributed by atoms with Crippen LogP contribution in [0.5, 0.6) is 0 Å². The molecule has 2 N–H and O–H groups in total. The number of halogens is 4. The molecule has 18 heavy (non-hydrogen) atoms. The van der Waals surface area contributed by atoms with Crippen LogP contribution in [0.25, 0.3) is 0 Å². The van der Waals surface area contributed by atoms with Gasteiger partial charge in [0, 0.05) is 6.04 Å². The molecule has 0 amide bonds. The van der Waals surface area contributed by atoms with Gasteiger partial charge in [-0.1, -0.05) is 18.9 Å². The van der Waals surface area contributed by atoms with E-state index in [2.05, 4.69) is 0 Å². The summed E-state index contributed by atoms with van der Waals surface area (Å²) in [7, 11) is 0. The molecule has 2 atom stereocenters. The molecule has 1 aliphatic rings. The standard InChI is InChI=1S/C13H15F4N/c14-11-7-8(5-6-10(11)13(15,16)17)9-3-1-2-4-12(9)18/h5-7,9,12H,1-4,18H2. The predicted octanol–water partition coefficient (Wildman–Crippen LogP) is 3.83. The second kappa shape index (κ2) is 4.88. The first-order valence-electron chi connectivity index (χ1n) is 6.02. The monoisotopic (exact) mass is 261 g/mol. The summed E-state index contributed by atoms with van der Waals surface area (Å²) in [6.07, 6.45) is -0.974. The van der Waals surface area contributed by atoms with Gasteiger partial charge in [0.15, 0.2) is 0 Å². The maximum Gasteiger partial charge on any atom is 0.419 e. The van der Waals surface area contributed by atoms with Crippen LogP contribution in [-0.4, -0.2) is 6.04 Å². The fourth-order valence-corrected chi connectivity index (χ4v) is 2.57. The molecule has 1 aliphatic carbocycles. The van der Waals surface area contributed by atoms with Crippen LogP contribution >= 0.6 is 0 Å². The SMILES string of the molecule is NC1CCCCC1c1ccc(C(F)(F)F)c(F)c1. The second-order valence-electron chi connectivity index (χ2n) is 4.79.